The average Bonchev–Trinajstić information content (AvgIpc) is 2.96. The van der Waals surface area contributed by atoms with E-state index in [0.29, 0.717) is 23.0 Å². The molecule has 4 N–H and O–H groups in total. The Labute approximate surface area is 230 Å². The molecule has 4 aromatic rings. The van der Waals surface area contributed by atoms with Crippen LogP contribution in [0.4, 0.5) is 0 Å². The average molecular weight is 549 g/mol. The predicted octanol–water partition coefficient (Wildman–Crippen LogP) is 4.69. The zero-order chi connectivity index (χ0) is 29.4. The van der Waals surface area contributed by atoms with E-state index < -0.39 is 11.6 Å². The number of methoxy groups -OCH3 is 4. The van der Waals surface area contributed by atoms with E-state index in [0.717, 1.165) is 0 Å². The van der Waals surface area contributed by atoms with Gasteiger partial charge in [-0.3, -0.25) is 9.59 Å². The summed E-state index contributed by atoms with van der Waals surface area (Å²) in [5, 5.41) is 39.4. The van der Waals surface area contributed by atoms with Crippen LogP contribution in [0.15, 0.2) is 72.8 Å². The number of ketones is 2. The second-order valence-corrected chi connectivity index (χ2v) is 8.19. The Morgan fingerprint density at radius 2 is 0.625 bits per heavy atom. The lowest BCUT2D eigenvalue weighted by atomic mass is 10.0. The first-order valence-electron chi connectivity index (χ1n) is 11.7. The first kappa shape index (κ1) is 29.2. The maximum absolute atomic E-state index is 12.3. The van der Waals surface area contributed by atoms with Gasteiger partial charge in [0.05, 0.1) is 50.7 Å². The Bertz CT molecular complexity index is 1300. The van der Waals surface area contributed by atoms with Crippen molar-refractivity contribution in [3.63, 3.8) is 0 Å². The molecule has 40 heavy (non-hydrogen) atoms. The van der Waals surface area contributed by atoms with Gasteiger partial charge in [0.2, 0.25) is 0 Å². The number of ether oxygens (including phenoxy) is 4. The van der Waals surface area contributed by atoms with Crippen LogP contribution >= 0.6 is 0 Å². The minimum absolute atomic E-state index is 0.0891. The van der Waals surface area contributed by atoms with Crippen LogP contribution in [0.5, 0.6) is 46.0 Å². The van der Waals surface area contributed by atoms with E-state index in [2.05, 4.69) is 0 Å². The quantitative estimate of drug-likeness (QED) is 0.228. The number of aromatic hydroxyl groups is 4. The number of carbonyl (C=O) groups excluding carboxylic acids is 2. The second kappa shape index (κ2) is 12.9. The third-order valence-electron chi connectivity index (χ3n) is 5.80. The highest BCUT2D eigenvalue weighted by molar-refractivity contribution is 6.13. The number of rotatable bonds is 8. The van der Waals surface area contributed by atoms with E-state index >= 15 is 0 Å². The van der Waals surface area contributed by atoms with Gasteiger partial charge in [-0.1, -0.05) is 0 Å². The lowest BCUT2D eigenvalue weighted by Crippen LogP contribution is -2.02. The van der Waals surface area contributed by atoms with Gasteiger partial charge in [-0.2, -0.15) is 0 Å². The van der Waals surface area contributed by atoms with Crippen molar-refractivity contribution in [1.29, 1.82) is 0 Å². The Balaban J connectivity index is 0.000000220. The highest BCUT2D eigenvalue weighted by atomic mass is 16.5. The standard InChI is InChI=1S/2C15H14O5/c2*1-19-9-3-5-11(13(16)7-9)15(18)12-6-4-10(20-2)8-14(12)17/h2*3-8,16-17H,1-2H3. The molecule has 10 heteroatoms. The van der Waals surface area contributed by atoms with E-state index in [9.17, 15) is 30.0 Å². The molecule has 0 unspecified atom stereocenters. The van der Waals surface area contributed by atoms with Crippen LogP contribution in [0.25, 0.3) is 0 Å². The molecule has 0 aromatic heterocycles. The highest BCUT2D eigenvalue weighted by Gasteiger charge is 2.19. The van der Waals surface area contributed by atoms with Gasteiger partial charge in [0.25, 0.3) is 0 Å². The van der Waals surface area contributed by atoms with E-state index in [4.69, 9.17) is 18.9 Å². The molecule has 0 saturated heterocycles. The molecule has 0 spiro atoms. The molecule has 0 saturated carbocycles. The zero-order valence-electron chi connectivity index (χ0n) is 22.2. The van der Waals surface area contributed by atoms with Crippen LogP contribution in [-0.2, 0) is 0 Å². The summed E-state index contributed by atoms with van der Waals surface area (Å²) in [6.45, 7) is 0. The zero-order valence-corrected chi connectivity index (χ0v) is 22.2. The smallest absolute Gasteiger partial charge is 0.200 e. The van der Waals surface area contributed by atoms with Crippen molar-refractivity contribution in [2.24, 2.45) is 0 Å². The Hall–Kier alpha value is -5.38. The molecule has 0 amide bonds. The number of hydrogen-bond acceptors (Lipinski definition) is 10. The molecule has 0 radical (unpaired) electrons. The van der Waals surface area contributed by atoms with Gasteiger partial charge in [0.15, 0.2) is 11.6 Å². The van der Waals surface area contributed by atoms with Crippen molar-refractivity contribution in [3.8, 4) is 46.0 Å². The van der Waals surface area contributed by atoms with Gasteiger partial charge < -0.3 is 39.4 Å². The fourth-order valence-electron chi connectivity index (χ4n) is 3.61. The summed E-state index contributed by atoms with van der Waals surface area (Å²) in [5.41, 5.74) is 0.357. The van der Waals surface area contributed by atoms with Crippen LogP contribution in [0.3, 0.4) is 0 Å². The van der Waals surface area contributed by atoms with Crippen LogP contribution in [-0.4, -0.2) is 60.4 Å². The first-order chi connectivity index (χ1) is 19.1. The molecule has 0 aliphatic carbocycles. The maximum Gasteiger partial charge on any atom is 0.200 e. The minimum atomic E-state index is -0.481. The van der Waals surface area contributed by atoms with Gasteiger partial charge in [-0.15, -0.1) is 0 Å². The van der Waals surface area contributed by atoms with E-state index in [1.54, 1.807) is 24.3 Å². The van der Waals surface area contributed by atoms with Gasteiger partial charge >= 0.3 is 0 Å². The summed E-state index contributed by atoms with van der Waals surface area (Å²) >= 11 is 0. The Kier molecular flexibility index (Phi) is 9.43. The van der Waals surface area contributed by atoms with Crippen molar-refractivity contribution in [2.45, 2.75) is 0 Å². The molecule has 0 fully saturated rings. The molecule has 0 aliphatic rings. The van der Waals surface area contributed by atoms with Gasteiger partial charge in [0.1, 0.15) is 46.0 Å². The van der Waals surface area contributed by atoms with Crippen molar-refractivity contribution >= 4 is 11.6 Å². The van der Waals surface area contributed by atoms with E-state index in [1.165, 1.54) is 77.0 Å². The van der Waals surface area contributed by atoms with Crippen molar-refractivity contribution < 1.29 is 49.0 Å². The summed E-state index contributed by atoms with van der Waals surface area (Å²) < 4.78 is 19.8. The fourth-order valence-corrected chi connectivity index (χ4v) is 3.61. The summed E-state index contributed by atoms with van der Waals surface area (Å²) in [6.07, 6.45) is 0. The predicted molar refractivity (Wildman–Crippen MR) is 146 cm³/mol. The number of benzene rings is 4. The molecule has 0 atom stereocenters. The normalized spacial score (nSPS) is 10.1. The summed E-state index contributed by atoms with van der Waals surface area (Å²) in [4.78, 5) is 24.6. The molecule has 208 valence electrons. The molecular formula is C30H28O10. The summed E-state index contributed by atoms with van der Waals surface area (Å²) in [7, 11) is 5.86. The molecule has 0 bridgehead atoms. The third kappa shape index (κ3) is 6.54. The van der Waals surface area contributed by atoms with Crippen LogP contribution in [0.2, 0.25) is 0 Å². The lowest BCUT2D eigenvalue weighted by molar-refractivity contribution is 0.102. The van der Waals surface area contributed by atoms with E-state index in [1.807, 2.05) is 0 Å². The Morgan fingerprint density at radius 1 is 0.425 bits per heavy atom. The monoisotopic (exact) mass is 548 g/mol. The fraction of sp³-hybridized carbons (Fsp3) is 0.133. The molecule has 0 aliphatic heterocycles. The topological polar surface area (TPSA) is 152 Å². The van der Waals surface area contributed by atoms with Crippen LogP contribution in [0, 0.1) is 0 Å². The third-order valence-corrected chi connectivity index (χ3v) is 5.80. The van der Waals surface area contributed by atoms with Crippen molar-refractivity contribution in [1.82, 2.24) is 0 Å². The first-order valence-corrected chi connectivity index (χ1v) is 11.7. The van der Waals surface area contributed by atoms with Gasteiger partial charge in [-0.25, -0.2) is 0 Å². The number of phenolic OH excluding ortho intramolecular Hbond substituents is 4. The Morgan fingerprint density at radius 3 is 0.775 bits per heavy atom. The molecule has 4 rings (SSSR count). The molecule has 4 aromatic carbocycles. The number of phenols is 4. The molecular weight excluding hydrogens is 520 g/mol. The van der Waals surface area contributed by atoms with Crippen LogP contribution in [0.1, 0.15) is 31.8 Å². The second-order valence-electron chi connectivity index (χ2n) is 8.19. The lowest BCUT2D eigenvalue weighted by Gasteiger charge is -2.08. The van der Waals surface area contributed by atoms with Crippen molar-refractivity contribution in [3.05, 3.63) is 95.1 Å². The van der Waals surface area contributed by atoms with E-state index in [-0.39, 0.29) is 45.3 Å². The SMILES string of the molecule is COc1ccc(C(=O)c2ccc(OC)cc2O)c(O)c1.COc1ccc(C(=O)c2ccc(OC)cc2O)c(O)c1. The number of carbonyl (C=O) groups is 2. The maximum atomic E-state index is 12.3. The van der Waals surface area contributed by atoms with Crippen molar-refractivity contribution in [2.75, 3.05) is 28.4 Å². The molecule has 0 heterocycles. The van der Waals surface area contributed by atoms with Gasteiger partial charge in [-0.05, 0) is 48.5 Å². The highest BCUT2D eigenvalue weighted by Crippen LogP contribution is 2.31. The largest absolute Gasteiger partial charge is 0.507 e. The molecule has 10 nitrogen and oxygen atoms in total. The van der Waals surface area contributed by atoms with Gasteiger partial charge in [0, 0.05) is 24.3 Å². The summed E-state index contributed by atoms with van der Waals surface area (Å²) in [5.74, 6) is -0.00843. The number of hydrogen-bond donors (Lipinski definition) is 4. The van der Waals surface area contributed by atoms with Crippen LogP contribution < -0.4 is 18.9 Å². The summed E-state index contributed by atoms with van der Waals surface area (Å²) in [6, 6.07) is 17.4. The minimum Gasteiger partial charge on any atom is -0.507 e.